The summed E-state index contributed by atoms with van der Waals surface area (Å²) in [6.07, 6.45) is 1.43. The molecule has 0 unspecified atom stereocenters. The van der Waals surface area contributed by atoms with Crippen molar-refractivity contribution in [1.82, 2.24) is 5.32 Å². The van der Waals surface area contributed by atoms with E-state index in [1.54, 1.807) is 0 Å². The van der Waals surface area contributed by atoms with Gasteiger partial charge >= 0.3 is 5.97 Å². The molecule has 4 nitrogen and oxygen atoms in total. The van der Waals surface area contributed by atoms with Crippen molar-refractivity contribution in [2.75, 3.05) is 0 Å². The maximum absolute atomic E-state index is 11.0. The number of hydrogen-bond acceptors (Lipinski definition) is 2. The van der Waals surface area contributed by atoms with E-state index >= 15 is 0 Å². The molecule has 0 heterocycles. The fraction of sp³-hybridized carbons (Fsp3) is 0.0588. The van der Waals surface area contributed by atoms with Crippen LogP contribution < -0.4 is 5.32 Å². The predicted octanol–water partition coefficient (Wildman–Crippen LogP) is 2.92. The Morgan fingerprint density at radius 2 is 1.52 bits per heavy atom. The van der Waals surface area contributed by atoms with Crippen LogP contribution >= 0.6 is 0 Å². The fourth-order valence-corrected chi connectivity index (χ4v) is 1.91. The standard InChI is InChI=1S/C17H15NO3/c1-12(19)18-16(17(20)21)11-13-7-9-15(10-8-13)14-5-3-2-4-6-14/h2-11H,1H3,(H,18,19)(H,20,21). The molecule has 0 spiro atoms. The molecular formula is C17H15NO3. The molecule has 2 rings (SSSR count). The van der Waals surface area contributed by atoms with E-state index in [0.29, 0.717) is 5.56 Å². The Morgan fingerprint density at radius 3 is 2.05 bits per heavy atom. The van der Waals surface area contributed by atoms with Crippen molar-refractivity contribution in [3.05, 3.63) is 65.9 Å². The zero-order chi connectivity index (χ0) is 15.2. The van der Waals surface area contributed by atoms with Crippen molar-refractivity contribution < 1.29 is 14.7 Å². The van der Waals surface area contributed by atoms with E-state index in [1.165, 1.54) is 13.0 Å². The zero-order valence-corrected chi connectivity index (χ0v) is 11.5. The zero-order valence-electron chi connectivity index (χ0n) is 11.5. The summed E-state index contributed by atoms with van der Waals surface area (Å²) in [5.74, 6) is -1.58. The summed E-state index contributed by atoms with van der Waals surface area (Å²) in [7, 11) is 0. The van der Waals surface area contributed by atoms with Gasteiger partial charge in [-0.2, -0.15) is 0 Å². The van der Waals surface area contributed by atoms with Gasteiger partial charge in [0.15, 0.2) is 0 Å². The van der Waals surface area contributed by atoms with Gasteiger partial charge < -0.3 is 10.4 Å². The number of benzene rings is 2. The fourth-order valence-electron chi connectivity index (χ4n) is 1.91. The molecule has 0 fully saturated rings. The largest absolute Gasteiger partial charge is 0.477 e. The second-order valence-electron chi connectivity index (χ2n) is 4.53. The van der Waals surface area contributed by atoms with Crippen molar-refractivity contribution >= 4 is 18.0 Å². The first kappa shape index (κ1) is 14.5. The van der Waals surface area contributed by atoms with Crippen LogP contribution in [0.3, 0.4) is 0 Å². The van der Waals surface area contributed by atoms with Crippen molar-refractivity contribution in [3.63, 3.8) is 0 Å². The summed E-state index contributed by atoms with van der Waals surface area (Å²) in [5, 5.41) is 11.3. The number of aliphatic carboxylic acids is 1. The summed E-state index contributed by atoms with van der Waals surface area (Å²) in [5.41, 5.74) is 2.70. The molecule has 0 saturated heterocycles. The Hall–Kier alpha value is -2.88. The highest BCUT2D eigenvalue weighted by atomic mass is 16.4. The molecule has 0 aliphatic rings. The third-order valence-electron chi connectivity index (χ3n) is 2.87. The van der Waals surface area contributed by atoms with Crippen molar-refractivity contribution in [1.29, 1.82) is 0 Å². The van der Waals surface area contributed by atoms with Gasteiger partial charge in [0.05, 0.1) is 0 Å². The first-order valence-corrected chi connectivity index (χ1v) is 6.44. The van der Waals surface area contributed by atoms with Crippen molar-refractivity contribution in [3.8, 4) is 11.1 Å². The van der Waals surface area contributed by atoms with E-state index in [9.17, 15) is 9.59 Å². The molecule has 0 saturated carbocycles. The quantitative estimate of drug-likeness (QED) is 0.847. The monoisotopic (exact) mass is 281 g/mol. The summed E-state index contributed by atoms with van der Waals surface area (Å²) < 4.78 is 0. The maximum atomic E-state index is 11.0. The Balaban J connectivity index is 2.26. The lowest BCUT2D eigenvalue weighted by molar-refractivity contribution is -0.134. The van der Waals surface area contributed by atoms with E-state index in [2.05, 4.69) is 5.32 Å². The van der Waals surface area contributed by atoms with Crippen LogP contribution in [0.1, 0.15) is 12.5 Å². The third kappa shape index (κ3) is 4.04. The summed E-state index contributed by atoms with van der Waals surface area (Å²) in [6.45, 7) is 1.27. The second kappa shape index (κ2) is 6.52. The van der Waals surface area contributed by atoms with E-state index in [1.807, 2.05) is 54.6 Å². The molecule has 0 aromatic heterocycles. The Bertz CT molecular complexity index is 673. The topological polar surface area (TPSA) is 66.4 Å². The van der Waals surface area contributed by atoms with Crippen LogP contribution in [0.5, 0.6) is 0 Å². The Kier molecular flexibility index (Phi) is 4.51. The highest BCUT2D eigenvalue weighted by molar-refractivity contribution is 5.96. The number of hydrogen-bond donors (Lipinski definition) is 2. The van der Waals surface area contributed by atoms with Gasteiger partial charge in [-0.1, -0.05) is 54.6 Å². The SMILES string of the molecule is CC(=O)NC(=Cc1ccc(-c2ccccc2)cc1)C(=O)O. The second-order valence-corrected chi connectivity index (χ2v) is 4.53. The highest BCUT2D eigenvalue weighted by Crippen LogP contribution is 2.20. The number of carbonyl (C=O) groups excluding carboxylic acids is 1. The van der Waals surface area contributed by atoms with Gasteiger partial charge in [0.1, 0.15) is 5.70 Å². The molecule has 0 radical (unpaired) electrons. The normalized spacial score (nSPS) is 11.0. The summed E-state index contributed by atoms with van der Waals surface area (Å²) >= 11 is 0. The number of carboxylic acids is 1. The molecular weight excluding hydrogens is 266 g/mol. The first-order valence-electron chi connectivity index (χ1n) is 6.44. The van der Waals surface area contributed by atoms with Gasteiger partial charge in [-0.05, 0) is 22.8 Å². The smallest absolute Gasteiger partial charge is 0.352 e. The van der Waals surface area contributed by atoms with Gasteiger partial charge in [0.2, 0.25) is 5.91 Å². The van der Waals surface area contributed by atoms with Gasteiger partial charge in [-0.25, -0.2) is 4.79 Å². The molecule has 106 valence electrons. The van der Waals surface area contributed by atoms with Crippen LogP contribution in [0.25, 0.3) is 17.2 Å². The maximum Gasteiger partial charge on any atom is 0.352 e. The van der Waals surface area contributed by atoms with Crippen LogP contribution in [0.15, 0.2) is 60.3 Å². The van der Waals surface area contributed by atoms with Gasteiger partial charge in [-0.3, -0.25) is 4.79 Å². The van der Waals surface area contributed by atoms with Crippen LogP contribution in [-0.2, 0) is 9.59 Å². The van der Waals surface area contributed by atoms with Crippen molar-refractivity contribution in [2.24, 2.45) is 0 Å². The number of carboxylic acid groups (broad SMARTS) is 1. The van der Waals surface area contributed by atoms with E-state index in [4.69, 9.17) is 5.11 Å². The van der Waals surface area contributed by atoms with E-state index in [-0.39, 0.29) is 5.70 Å². The predicted molar refractivity (Wildman–Crippen MR) is 81.3 cm³/mol. The summed E-state index contributed by atoms with van der Waals surface area (Å²) in [6, 6.07) is 17.3. The molecule has 1 amide bonds. The highest BCUT2D eigenvalue weighted by Gasteiger charge is 2.08. The number of carbonyl (C=O) groups is 2. The molecule has 0 bridgehead atoms. The van der Waals surface area contributed by atoms with Crippen LogP contribution in [-0.4, -0.2) is 17.0 Å². The molecule has 2 N–H and O–H groups in total. The molecule has 4 heteroatoms. The van der Waals surface area contributed by atoms with Crippen molar-refractivity contribution in [2.45, 2.75) is 6.92 Å². The average molecular weight is 281 g/mol. The average Bonchev–Trinajstić information content (AvgIpc) is 2.48. The third-order valence-corrected chi connectivity index (χ3v) is 2.87. The number of rotatable bonds is 4. The van der Waals surface area contributed by atoms with Crippen LogP contribution in [0, 0.1) is 0 Å². The lowest BCUT2D eigenvalue weighted by atomic mass is 10.0. The van der Waals surface area contributed by atoms with Gasteiger partial charge in [0, 0.05) is 6.92 Å². The molecule has 0 aliphatic heterocycles. The minimum Gasteiger partial charge on any atom is -0.477 e. The minimum atomic E-state index is -1.17. The Labute approximate surface area is 122 Å². The Morgan fingerprint density at radius 1 is 0.952 bits per heavy atom. The molecule has 2 aromatic carbocycles. The van der Waals surface area contributed by atoms with Gasteiger partial charge in [-0.15, -0.1) is 0 Å². The lowest BCUT2D eigenvalue weighted by Crippen LogP contribution is -2.24. The molecule has 21 heavy (non-hydrogen) atoms. The lowest BCUT2D eigenvalue weighted by Gasteiger charge is -2.04. The molecule has 2 aromatic rings. The van der Waals surface area contributed by atoms with Crippen LogP contribution in [0.4, 0.5) is 0 Å². The first-order chi connectivity index (χ1) is 10.1. The van der Waals surface area contributed by atoms with E-state index in [0.717, 1.165) is 11.1 Å². The summed E-state index contributed by atoms with van der Waals surface area (Å²) in [4.78, 5) is 22.0. The van der Waals surface area contributed by atoms with Crippen LogP contribution in [0.2, 0.25) is 0 Å². The number of nitrogens with one attached hydrogen (secondary N) is 1. The molecule has 0 aliphatic carbocycles. The number of amides is 1. The minimum absolute atomic E-state index is 0.144. The van der Waals surface area contributed by atoms with Gasteiger partial charge in [0.25, 0.3) is 0 Å². The van der Waals surface area contributed by atoms with E-state index < -0.39 is 11.9 Å². The molecule has 0 atom stereocenters.